The summed E-state index contributed by atoms with van der Waals surface area (Å²) in [7, 11) is 0. The standard InChI is InChI=1S/C10H19N3OS/c1-10(2,14)7-15-4-3-11-5-9-6-12-8-13-9/h6,8,11,14H,3-5,7H2,1-2H3,(H,12,13). The molecule has 0 aliphatic rings. The van der Waals surface area contributed by atoms with Crippen LogP contribution in [0.1, 0.15) is 19.5 Å². The van der Waals surface area contributed by atoms with Gasteiger partial charge in [-0.3, -0.25) is 0 Å². The number of hydrogen-bond donors (Lipinski definition) is 3. The van der Waals surface area contributed by atoms with Gasteiger partial charge in [0, 0.05) is 36.5 Å². The highest BCUT2D eigenvalue weighted by atomic mass is 32.2. The smallest absolute Gasteiger partial charge is 0.0922 e. The Morgan fingerprint density at radius 1 is 1.60 bits per heavy atom. The van der Waals surface area contributed by atoms with Gasteiger partial charge in [0.2, 0.25) is 0 Å². The van der Waals surface area contributed by atoms with Crippen molar-refractivity contribution in [3.63, 3.8) is 0 Å². The van der Waals surface area contributed by atoms with Crippen LogP contribution in [0.15, 0.2) is 12.5 Å². The van der Waals surface area contributed by atoms with Gasteiger partial charge in [0.1, 0.15) is 0 Å². The molecule has 0 unspecified atom stereocenters. The van der Waals surface area contributed by atoms with E-state index in [1.807, 2.05) is 20.0 Å². The van der Waals surface area contributed by atoms with E-state index in [4.69, 9.17) is 0 Å². The zero-order valence-electron chi connectivity index (χ0n) is 9.29. The van der Waals surface area contributed by atoms with Gasteiger partial charge in [0.05, 0.1) is 11.9 Å². The summed E-state index contributed by atoms with van der Waals surface area (Å²) in [4.78, 5) is 6.97. The van der Waals surface area contributed by atoms with Crippen LogP contribution in [0.5, 0.6) is 0 Å². The van der Waals surface area contributed by atoms with Gasteiger partial charge in [-0.1, -0.05) is 0 Å². The first-order valence-corrected chi connectivity index (χ1v) is 6.21. The highest BCUT2D eigenvalue weighted by molar-refractivity contribution is 7.99. The number of aliphatic hydroxyl groups is 1. The second-order valence-electron chi connectivity index (χ2n) is 4.12. The van der Waals surface area contributed by atoms with Crippen LogP contribution in [0, 0.1) is 0 Å². The van der Waals surface area contributed by atoms with Crippen molar-refractivity contribution < 1.29 is 5.11 Å². The molecule has 0 saturated heterocycles. The second kappa shape index (κ2) is 6.15. The van der Waals surface area contributed by atoms with Gasteiger partial charge in [0.15, 0.2) is 0 Å². The Labute approximate surface area is 94.9 Å². The van der Waals surface area contributed by atoms with Crippen LogP contribution >= 0.6 is 11.8 Å². The van der Waals surface area contributed by atoms with Crippen molar-refractivity contribution in [1.29, 1.82) is 0 Å². The third-order valence-corrected chi connectivity index (χ3v) is 3.15. The number of aromatic nitrogens is 2. The summed E-state index contributed by atoms with van der Waals surface area (Å²) in [6.07, 6.45) is 3.50. The molecule has 0 spiro atoms. The Morgan fingerprint density at radius 3 is 3.00 bits per heavy atom. The first-order chi connectivity index (χ1) is 7.08. The molecule has 5 heteroatoms. The van der Waals surface area contributed by atoms with Crippen LogP contribution in [0.2, 0.25) is 0 Å². The number of imidazole rings is 1. The van der Waals surface area contributed by atoms with Crippen LogP contribution in [-0.4, -0.2) is 38.7 Å². The van der Waals surface area contributed by atoms with Crippen LogP contribution in [0.4, 0.5) is 0 Å². The van der Waals surface area contributed by atoms with Crippen molar-refractivity contribution >= 4 is 11.8 Å². The van der Waals surface area contributed by atoms with E-state index in [0.717, 1.165) is 30.3 Å². The molecule has 3 N–H and O–H groups in total. The van der Waals surface area contributed by atoms with E-state index in [9.17, 15) is 5.11 Å². The van der Waals surface area contributed by atoms with Gasteiger partial charge in [-0.05, 0) is 13.8 Å². The molecular formula is C10H19N3OS. The van der Waals surface area contributed by atoms with Crippen LogP contribution in [0.25, 0.3) is 0 Å². The first kappa shape index (κ1) is 12.5. The van der Waals surface area contributed by atoms with Crippen molar-refractivity contribution in [3.8, 4) is 0 Å². The minimum absolute atomic E-state index is 0.561. The maximum Gasteiger partial charge on any atom is 0.0922 e. The van der Waals surface area contributed by atoms with E-state index >= 15 is 0 Å². The van der Waals surface area contributed by atoms with Crippen molar-refractivity contribution in [2.24, 2.45) is 0 Å². The summed E-state index contributed by atoms with van der Waals surface area (Å²) in [6, 6.07) is 0. The monoisotopic (exact) mass is 229 g/mol. The van der Waals surface area contributed by atoms with Gasteiger partial charge >= 0.3 is 0 Å². The number of aromatic amines is 1. The summed E-state index contributed by atoms with van der Waals surface area (Å²) >= 11 is 1.76. The predicted molar refractivity (Wildman–Crippen MR) is 63.9 cm³/mol. The third kappa shape index (κ3) is 6.54. The Kier molecular flexibility index (Phi) is 5.14. The summed E-state index contributed by atoms with van der Waals surface area (Å²) < 4.78 is 0. The van der Waals surface area contributed by atoms with Crippen LogP contribution in [-0.2, 0) is 6.54 Å². The molecule has 0 fully saturated rings. The molecule has 0 aliphatic carbocycles. The number of thioether (sulfide) groups is 1. The van der Waals surface area contributed by atoms with Gasteiger partial charge in [0.25, 0.3) is 0 Å². The zero-order valence-corrected chi connectivity index (χ0v) is 10.1. The molecule has 4 nitrogen and oxygen atoms in total. The van der Waals surface area contributed by atoms with Crippen molar-refractivity contribution in [1.82, 2.24) is 15.3 Å². The fourth-order valence-electron chi connectivity index (χ4n) is 1.07. The quantitative estimate of drug-likeness (QED) is 0.611. The SMILES string of the molecule is CC(C)(O)CSCCNCc1cnc[nH]1. The van der Waals surface area contributed by atoms with E-state index in [1.54, 1.807) is 18.1 Å². The molecule has 0 atom stereocenters. The Bertz CT molecular complexity index is 256. The predicted octanol–water partition coefficient (Wildman–Crippen LogP) is 1.00. The van der Waals surface area contributed by atoms with E-state index < -0.39 is 5.60 Å². The Hall–Kier alpha value is -0.520. The fourth-order valence-corrected chi connectivity index (χ4v) is 2.00. The maximum absolute atomic E-state index is 9.47. The molecule has 1 heterocycles. The molecule has 0 amide bonds. The number of nitrogens with one attached hydrogen (secondary N) is 2. The largest absolute Gasteiger partial charge is 0.390 e. The van der Waals surface area contributed by atoms with E-state index in [0.29, 0.717) is 0 Å². The molecule has 0 saturated carbocycles. The average molecular weight is 229 g/mol. The van der Waals surface area contributed by atoms with Crippen LogP contribution in [0.3, 0.4) is 0 Å². The second-order valence-corrected chi connectivity index (χ2v) is 5.22. The summed E-state index contributed by atoms with van der Waals surface area (Å²) in [5.74, 6) is 1.79. The number of nitrogens with zero attached hydrogens (tertiary/aromatic N) is 1. The molecule has 0 radical (unpaired) electrons. The average Bonchev–Trinajstić information content (AvgIpc) is 2.61. The molecule has 86 valence electrons. The number of rotatable bonds is 7. The lowest BCUT2D eigenvalue weighted by Gasteiger charge is -2.15. The third-order valence-electron chi connectivity index (χ3n) is 1.75. The summed E-state index contributed by atoms with van der Waals surface area (Å²) in [5, 5.41) is 12.8. The zero-order chi connectivity index (χ0) is 11.1. The molecule has 0 aliphatic heterocycles. The van der Waals surface area contributed by atoms with Crippen molar-refractivity contribution in [2.75, 3.05) is 18.1 Å². The summed E-state index contributed by atoms with van der Waals surface area (Å²) in [6.45, 7) is 5.43. The van der Waals surface area contributed by atoms with E-state index in [1.165, 1.54) is 0 Å². The number of hydrogen-bond acceptors (Lipinski definition) is 4. The van der Waals surface area contributed by atoms with Gasteiger partial charge in [-0.15, -0.1) is 0 Å². The minimum atomic E-state index is -0.561. The lowest BCUT2D eigenvalue weighted by Crippen LogP contribution is -2.23. The van der Waals surface area contributed by atoms with Crippen molar-refractivity contribution in [2.45, 2.75) is 26.0 Å². The normalized spacial score (nSPS) is 11.9. The molecule has 1 aromatic heterocycles. The van der Waals surface area contributed by atoms with E-state index in [-0.39, 0.29) is 0 Å². The number of H-pyrrole nitrogens is 1. The lowest BCUT2D eigenvalue weighted by molar-refractivity contribution is 0.107. The van der Waals surface area contributed by atoms with Gasteiger partial charge in [-0.25, -0.2) is 4.98 Å². The topological polar surface area (TPSA) is 60.9 Å². The Balaban J connectivity index is 1.94. The molecule has 0 aromatic carbocycles. The highest BCUT2D eigenvalue weighted by Gasteiger charge is 2.11. The summed E-state index contributed by atoms with van der Waals surface area (Å²) in [5.41, 5.74) is 0.538. The Morgan fingerprint density at radius 2 is 2.40 bits per heavy atom. The van der Waals surface area contributed by atoms with Crippen molar-refractivity contribution in [3.05, 3.63) is 18.2 Å². The molecular weight excluding hydrogens is 210 g/mol. The molecule has 15 heavy (non-hydrogen) atoms. The van der Waals surface area contributed by atoms with E-state index in [2.05, 4.69) is 15.3 Å². The molecule has 1 aromatic rings. The minimum Gasteiger partial charge on any atom is -0.390 e. The fraction of sp³-hybridized carbons (Fsp3) is 0.700. The highest BCUT2D eigenvalue weighted by Crippen LogP contribution is 2.10. The van der Waals surface area contributed by atoms with Gasteiger partial charge in [-0.2, -0.15) is 11.8 Å². The lowest BCUT2D eigenvalue weighted by atomic mass is 10.2. The first-order valence-electron chi connectivity index (χ1n) is 5.06. The van der Waals surface area contributed by atoms with Gasteiger partial charge < -0.3 is 15.4 Å². The van der Waals surface area contributed by atoms with Crippen LogP contribution < -0.4 is 5.32 Å². The molecule has 1 rings (SSSR count). The maximum atomic E-state index is 9.47. The molecule has 0 bridgehead atoms.